The number of aryl methyl sites for hydroxylation is 1. The Morgan fingerprint density at radius 3 is 2.37 bits per heavy atom. The second-order valence-corrected chi connectivity index (χ2v) is 10.3. The van der Waals surface area contributed by atoms with E-state index in [0.717, 1.165) is 36.8 Å². The Hall–Kier alpha value is -2.95. The smallest absolute Gasteiger partial charge is 0.220 e. The Morgan fingerprint density at radius 2 is 1.71 bits per heavy atom. The Labute approximate surface area is 210 Å². The van der Waals surface area contributed by atoms with Crippen molar-refractivity contribution in [2.45, 2.75) is 84.2 Å². The number of unbranched alkanes of at least 4 members (excludes halogenated alkanes) is 2. The molecule has 1 aliphatic heterocycles. The van der Waals surface area contributed by atoms with Gasteiger partial charge in [0.25, 0.3) is 0 Å². The fourth-order valence-corrected chi connectivity index (χ4v) is 4.99. The lowest BCUT2D eigenvalue weighted by Gasteiger charge is -2.27. The Morgan fingerprint density at radius 1 is 1.03 bits per heavy atom. The number of carbonyl (C=O) groups is 2. The molecular formula is C30H41N3O2. The van der Waals surface area contributed by atoms with Crippen molar-refractivity contribution in [2.75, 3.05) is 0 Å². The average molecular weight is 476 g/mol. The molecule has 3 N–H and O–H groups in total. The van der Waals surface area contributed by atoms with Gasteiger partial charge in [0.15, 0.2) is 5.78 Å². The van der Waals surface area contributed by atoms with Gasteiger partial charge in [-0.25, -0.2) is 0 Å². The highest BCUT2D eigenvalue weighted by Crippen LogP contribution is 2.37. The molecule has 0 spiro atoms. The second kappa shape index (κ2) is 12.7. The molecule has 35 heavy (non-hydrogen) atoms. The first-order chi connectivity index (χ1) is 16.8. The van der Waals surface area contributed by atoms with Gasteiger partial charge >= 0.3 is 0 Å². The van der Waals surface area contributed by atoms with E-state index in [1.165, 1.54) is 5.56 Å². The number of rotatable bonds is 13. The monoisotopic (exact) mass is 475 g/mol. The lowest BCUT2D eigenvalue weighted by atomic mass is 9.77. The van der Waals surface area contributed by atoms with Gasteiger partial charge in [0.2, 0.25) is 5.91 Å². The number of carbonyl (C=O) groups excluding carboxylic acids is 2. The van der Waals surface area contributed by atoms with Crippen LogP contribution in [0.3, 0.4) is 0 Å². The van der Waals surface area contributed by atoms with Gasteiger partial charge in [-0.05, 0) is 54.7 Å². The van der Waals surface area contributed by atoms with Crippen LogP contribution in [-0.4, -0.2) is 23.1 Å². The van der Waals surface area contributed by atoms with Crippen LogP contribution in [0.15, 0.2) is 59.6 Å². The molecule has 2 atom stereocenters. The lowest BCUT2D eigenvalue weighted by Crippen LogP contribution is -2.39. The van der Waals surface area contributed by atoms with Gasteiger partial charge in [-0.2, -0.15) is 0 Å². The van der Waals surface area contributed by atoms with E-state index < -0.39 is 5.54 Å². The number of hydrogen-bond donors (Lipinski definition) is 2. The van der Waals surface area contributed by atoms with Crippen LogP contribution in [0.25, 0.3) is 0 Å². The van der Waals surface area contributed by atoms with Crippen molar-refractivity contribution in [3.63, 3.8) is 0 Å². The maximum atomic E-state index is 13.7. The predicted molar refractivity (Wildman–Crippen MR) is 143 cm³/mol. The summed E-state index contributed by atoms with van der Waals surface area (Å²) in [7, 11) is 0. The maximum Gasteiger partial charge on any atom is 0.220 e. The minimum absolute atomic E-state index is 0.0973. The van der Waals surface area contributed by atoms with Crippen molar-refractivity contribution in [3.8, 4) is 0 Å². The van der Waals surface area contributed by atoms with Crippen molar-refractivity contribution in [1.82, 2.24) is 5.32 Å². The highest BCUT2D eigenvalue weighted by atomic mass is 16.1. The van der Waals surface area contributed by atoms with E-state index in [2.05, 4.69) is 38.2 Å². The first-order valence-electron chi connectivity index (χ1n) is 13.1. The maximum absolute atomic E-state index is 13.7. The molecule has 0 saturated carbocycles. The molecule has 0 saturated heterocycles. The van der Waals surface area contributed by atoms with Crippen LogP contribution in [0.1, 0.15) is 76.0 Å². The topological polar surface area (TPSA) is 84.5 Å². The van der Waals surface area contributed by atoms with Crippen molar-refractivity contribution >= 4 is 17.5 Å². The number of nitrogens with one attached hydrogen (secondary N) is 1. The third-order valence-electron chi connectivity index (χ3n) is 6.85. The van der Waals surface area contributed by atoms with E-state index in [9.17, 15) is 9.59 Å². The summed E-state index contributed by atoms with van der Waals surface area (Å²) < 4.78 is 0. The highest BCUT2D eigenvalue weighted by Gasteiger charge is 2.48. The summed E-state index contributed by atoms with van der Waals surface area (Å²) in [5.74, 6) is 0.686. The molecular weight excluding hydrogens is 434 g/mol. The Kier molecular flexibility index (Phi) is 9.64. The predicted octanol–water partition coefficient (Wildman–Crippen LogP) is 5.40. The van der Waals surface area contributed by atoms with E-state index >= 15 is 0 Å². The van der Waals surface area contributed by atoms with Crippen LogP contribution >= 0.6 is 0 Å². The number of aliphatic imine (C=N–C) groups is 1. The van der Waals surface area contributed by atoms with Gasteiger partial charge in [-0.3, -0.25) is 14.6 Å². The summed E-state index contributed by atoms with van der Waals surface area (Å²) >= 11 is 0. The summed E-state index contributed by atoms with van der Waals surface area (Å²) in [4.78, 5) is 30.5. The summed E-state index contributed by atoms with van der Waals surface area (Å²) in [6.07, 6.45) is 6.47. The molecule has 2 aromatic carbocycles. The minimum atomic E-state index is -0.735. The molecule has 5 nitrogen and oxygen atoms in total. The van der Waals surface area contributed by atoms with Crippen LogP contribution in [0, 0.1) is 11.8 Å². The number of ketones is 1. The molecule has 1 amide bonds. The number of nitrogens with two attached hydrogens (primary N) is 1. The molecule has 0 fully saturated rings. The Balaban J connectivity index is 1.62. The van der Waals surface area contributed by atoms with E-state index in [1.807, 2.05) is 42.5 Å². The van der Waals surface area contributed by atoms with Gasteiger partial charge in [0, 0.05) is 13.0 Å². The van der Waals surface area contributed by atoms with Crippen LogP contribution in [0.5, 0.6) is 0 Å². The largest absolute Gasteiger partial charge is 0.387 e. The first kappa shape index (κ1) is 26.7. The third kappa shape index (κ3) is 7.51. The lowest BCUT2D eigenvalue weighted by molar-refractivity contribution is -0.125. The molecule has 2 aromatic rings. The Bertz CT molecular complexity index is 998. The second-order valence-electron chi connectivity index (χ2n) is 10.3. The quantitative estimate of drug-likeness (QED) is 0.381. The number of nitrogens with zero attached hydrogens (tertiary/aromatic N) is 1. The van der Waals surface area contributed by atoms with E-state index in [-0.39, 0.29) is 17.6 Å². The highest BCUT2D eigenvalue weighted by molar-refractivity contribution is 6.13. The molecule has 0 aromatic heterocycles. The van der Waals surface area contributed by atoms with Gasteiger partial charge in [0.1, 0.15) is 11.4 Å². The fraction of sp³-hybridized carbons (Fsp3) is 0.500. The first-order valence-corrected chi connectivity index (χ1v) is 13.1. The summed E-state index contributed by atoms with van der Waals surface area (Å²) in [6, 6.07) is 18.4. The van der Waals surface area contributed by atoms with Crippen LogP contribution in [0.4, 0.5) is 0 Å². The van der Waals surface area contributed by atoms with E-state index in [0.29, 0.717) is 44.0 Å². The number of amides is 1. The van der Waals surface area contributed by atoms with Crippen LogP contribution in [0.2, 0.25) is 0 Å². The molecule has 0 bridgehead atoms. The van der Waals surface area contributed by atoms with Crippen LogP contribution < -0.4 is 11.1 Å². The van der Waals surface area contributed by atoms with Crippen molar-refractivity contribution in [2.24, 2.45) is 22.6 Å². The zero-order valence-corrected chi connectivity index (χ0v) is 21.6. The number of amidine groups is 1. The van der Waals surface area contributed by atoms with Crippen molar-refractivity contribution in [3.05, 3.63) is 71.3 Å². The normalized spacial score (nSPS) is 19.7. The molecule has 188 valence electrons. The van der Waals surface area contributed by atoms with Gasteiger partial charge in [0.05, 0.1) is 5.92 Å². The van der Waals surface area contributed by atoms with Crippen molar-refractivity contribution < 1.29 is 9.59 Å². The summed E-state index contributed by atoms with van der Waals surface area (Å²) in [6.45, 7) is 6.93. The van der Waals surface area contributed by atoms with Gasteiger partial charge in [-0.1, -0.05) is 88.2 Å². The minimum Gasteiger partial charge on any atom is -0.387 e. The summed E-state index contributed by atoms with van der Waals surface area (Å²) in [5.41, 5.74) is 8.97. The molecule has 1 aliphatic rings. The van der Waals surface area contributed by atoms with Crippen LogP contribution in [-0.2, 0) is 29.0 Å². The number of benzene rings is 2. The molecule has 1 heterocycles. The fourth-order valence-electron chi connectivity index (χ4n) is 4.99. The number of Topliss-reactive ketones (excluding diaryl/α,β-unsaturated/α-hetero) is 1. The average Bonchev–Trinajstić information content (AvgIpc) is 3.07. The zero-order chi connectivity index (χ0) is 25.3. The zero-order valence-electron chi connectivity index (χ0n) is 21.6. The van der Waals surface area contributed by atoms with Gasteiger partial charge in [-0.15, -0.1) is 0 Å². The molecule has 0 radical (unpaired) electrons. The summed E-state index contributed by atoms with van der Waals surface area (Å²) in [5, 5.41) is 2.99. The van der Waals surface area contributed by atoms with Crippen molar-refractivity contribution in [1.29, 1.82) is 0 Å². The molecule has 5 heteroatoms. The van der Waals surface area contributed by atoms with E-state index in [4.69, 9.17) is 10.7 Å². The standard InChI is InChI=1S/C30H41N3O2/c1-4-5-7-12-27(34)32-21-25-15-13-24(14-16-25)19-26-28(35)30(20-22(2)3,33-29(26)31)18-17-23-10-8-6-9-11-23/h6,8-11,13-16,22,26H,4-5,7,12,17-21H2,1-3H3,(H2,31,33)(H,32,34). The molecule has 2 unspecified atom stereocenters. The molecule has 0 aliphatic carbocycles. The van der Waals surface area contributed by atoms with Gasteiger partial charge < -0.3 is 11.1 Å². The SMILES string of the molecule is CCCCCC(=O)NCc1ccc(CC2C(=O)C(CCc3ccccc3)(CC(C)C)N=C2N)cc1. The third-order valence-corrected chi connectivity index (χ3v) is 6.85. The van der Waals surface area contributed by atoms with E-state index in [1.54, 1.807) is 0 Å². The number of hydrogen-bond acceptors (Lipinski definition) is 4. The molecule has 3 rings (SSSR count).